The zero-order chi connectivity index (χ0) is 20.2. The second-order valence-electron chi connectivity index (χ2n) is 7.54. The lowest BCUT2D eigenvalue weighted by atomic mass is 9.77. The van der Waals surface area contributed by atoms with E-state index in [1.54, 1.807) is 0 Å². The zero-order valence-electron chi connectivity index (χ0n) is 16.9. The van der Waals surface area contributed by atoms with Crippen molar-refractivity contribution in [3.63, 3.8) is 0 Å². The van der Waals surface area contributed by atoms with Gasteiger partial charge in [0.05, 0.1) is 11.3 Å². The fraction of sp³-hybridized carbons (Fsp3) is 0.240. The van der Waals surface area contributed by atoms with Gasteiger partial charge in [-0.2, -0.15) is 0 Å². The molecule has 4 heteroatoms. The first-order chi connectivity index (χ1) is 14.1. The van der Waals surface area contributed by atoms with Crippen molar-refractivity contribution in [1.82, 2.24) is 0 Å². The molecule has 0 saturated carbocycles. The van der Waals surface area contributed by atoms with Crippen molar-refractivity contribution in [1.29, 1.82) is 0 Å². The maximum absolute atomic E-state index is 13.3. The third-order valence-electron chi connectivity index (χ3n) is 5.98. The number of ether oxygens (including phenoxy) is 2. The molecule has 1 spiro atoms. The third-order valence-corrected chi connectivity index (χ3v) is 5.98. The summed E-state index contributed by atoms with van der Waals surface area (Å²) in [7, 11) is 0. The Labute approximate surface area is 170 Å². The average molecular weight is 385 g/mol. The molecule has 29 heavy (non-hydrogen) atoms. The molecule has 5 rings (SSSR count). The van der Waals surface area contributed by atoms with Gasteiger partial charge >= 0.3 is 5.97 Å². The Kier molecular flexibility index (Phi) is 3.91. The summed E-state index contributed by atoms with van der Waals surface area (Å²) in [5.74, 6) is 1.17. The number of esters is 1. The van der Waals surface area contributed by atoms with Crippen molar-refractivity contribution in [3.8, 4) is 11.5 Å². The van der Waals surface area contributed by atoms with Crippen molar-refractivity contribution in [2.75, 3.05) is 18.0 Å². The van der Waals surface area contributed by atoms with E-state index in [9.17, 15) is 4.79 Å². The first kappa shape index (κ1) is 17.8. The predicted molar refractivity (Wildman–Crippen MR) is 113 cm³/mol. The molecule has 1 atom stereocenters. The summed E-state index contributed by atoms with van der Waals surface area (Å²) in [6.45, 7) is 7.87. The van der Waals surface area contributed by atoms with Crippen LogP contribution in [-0.4, -0.2) is 19.1 Å². The number of nitrogens with zero attached hydrogens (tertiary/aromatic N) is 1. The van der Waals surface area contributed by atoms with Crippen LogP contribution >= 0.6 is 0 Å². The van der Waals surface area contributed by atoms with Crippen molar-refractivity contribution in [2.24, 2.45) is 0 Å². The van der Waals surface area contributed by atoms with E-state index in [2.05, 4.69) is 18.7 Å². The van der Waals surface area contributed by atoms with Crippen LogP contribution in [0.15, 0.2) is 60.7 Å². The molecule has 0 N–H and O–H groups in total. The third kappa shape index (κ3) is 2.35. The van der Waals surface area contributed by atoms with Crippen LogP contribution in [-0.2, 0) is 10.3 Å². The van der Waals surface area contributed by atoms with Gasteiger partial charge in [0.2, 0.25) is 0 Å². The van der Waals surface area contributed by atoms with E-state index in [1.165, 1.54) is 0 Å². The van der Waals surface area contributed by atoms with Crippen molar-refractivity contribution < 1.29 is 14.3 Å². The van der Waals surface area contributed by atoms with Crippen LogP contribution in [0.3, 0.4) is 0 Å². The fourth-order valence-corrected chi connectivity index (χ4v) is 4.64. The van der Waals surface area contributed by atoms with Gasteiger partial charge in [-0.25, -0.2) is 4.79 Å². The van der Waals surface area contributed by atoms with E-state index in [-0.39, 0.29) is 5.97 Å². The smallest absolute Gasteiger partial charge is 0.342 e. The van der Waals surface area contributed by atoms with Crippen molar-refractivity contribution in [3.05, 3.63) is 88.5 Å². The molecule has 0 aromatic heterocycles. The highest BCUT2D eigenvalue weighted by molar-refractivity contribution is 6.02. The topological polar surface area (TPSA) is 38.8 Å². The van der Waals surface area contributed by atoms with Crippen LogP contribution in [0.25, 0.3) is 0 Å². The number of fused-ring (bicyclic) bond motifs is 6. The normalized spacial score (nSPS) is 18.5. The molecule has 0 aliphatic carbocycles. The van der Waals surface area contributed by atoms with E-state index in [0.717, 1.165) is 52.5 Å². The monoisotopic (exact) mass is 385 g/mol. The summed E-state index contributed by atoms with van der Waals surface area (Å²) in [4.78, 5) is 15.5. The highest BCUT2D eigenvalue weighted by atomic mass is 16.6. The Bertz CT molecular complexity index is 1130. The summed E-state index contributed by atoms with van der Waals surface area (Å²) in [6.07, 6.45) is 0. The summed E-state index contributed by atoms with van der Waals surface area (Å²) in [5.41, 5.74) is 4.29. The number of hydrogen-bond donors (Lipinski definition) is 0. The molecule has 0 amide bonds. The van der Waals surface area contributed by atoms with Gasteiger partial charge in [0.1, 0.15) is 11.5 Å². The Morgan fingerprint density at radius 3 is 2.38 bits per heavy atom. The van der Waals surface area contributed by atoms with Crippen LogP contribution in [0.2, 0.25) is 0 Å². The van der Waals surface area contributed by atoms with Gasteiger partial charge in [-0.1, -0.05) is 42.5 Å². The minimum absolute atomic E-state index is 0.286. The number of carbonyl (C=O) groups is 1. The molecule has 0 radical (unpaired) electrons. The number of aryl methyl sites for hydroxylation is 1. The Morgan fingerprint density at radius 1 is 0.862 bits per heavy atom. The maximum atomic E-state index is 13.3. The van der Waals surface area contributed by atoms with E-state index >= 15 is 0 Å². The van der Waals surface area contributed by atoms with Gasteiger partial charge in [-0.15, -0.1) is 0 Å². The molecular weight excluding hydrogens is 362 g/mol. The fourth-order valence-electron chi connectivity index (χ4n) is 4.64. The van der Waals surface area contributed by atoms with Gasteiger partial charge < -0.3 is 14.4 Å². The standard InChI is InChI=1S/C25H23NO3/c1-4-26(5-2)20-11-8-10-19-23(20)24(27)29-25(19)17-9-6-7-12-21(17)28-22-15-16(3)13-14-18(22)25/h6-15H,4-5H2,1-3H3. The molecule has 146 valence electrons. The first-order valence-corrected chi connectivity index (χ1v) is 10.1. The van der Waals surface area contributed by atoms with Gasteiger partial charge in [-0.05, 0) is 44.5 Å². The molecule has 1 unspecified atom stereocenters. The second-order valence-corrected chi connectivity index (χ2v) is 7.54. The van der Waals surface area contributed by atoms with Crippen LogP contribution in [0.4, 0.5) is 5.69 Å². The summed E-state index contributed by atoms with van der Waals surface area (Å²) >= 11 is 0. The number of hydrogen-bond acceptors (Lipinski definition) is 4. The Balaban J connectivity index is 1.86. The minimum atomic E-state index is -0.993. The maximum Gasteiger partial charge on any atom is 0.342 e. The van der Waals surface area contributed by atoms with E-state index < -0.39 is 5.60 Å². The molecular formula is C25H23NO3. The first-order valence-electron chi connectivity index (χ1n) is 10.1. The summed E-state index contributed by atoms with van der Waals surface area (Å²) < 4.78 is 12.5. The number of carbonyl (C=O) groups excluding carboxylic acids is 1. The van der Waals surface area contributed by atoms with Gasteiger partial charge in [0.15, 0.2) is 5.60 Å². The van der Waals surface area contributed by atoms with Gasteiger partial charge in [0.25, 0.3) is 0 Å². The van der Waals surface area contributed by atoms with Gasteiger partial charge in [-0.3, -0.25) is 0 Å². The van der Waals surface area contributed by atoms with E-state index in [0.29, 0.717) is 5.56 Å². The highest BCUT2D eigenvalue weighted by Crippen LogP contribution is 2.57. The highest BCUT2D eigenvalue weighted by Gasteiger charge is 2.54. The molecule has 4 nitrogen and oxygen atoms in total. The van der Waals surface area contributed by atoms with Crippen LogP contribution < -0.4 is 9.64 Å². The Morgan fingerprint density at radius 2 is 1.59 bits per heavy atom. The molecule has 3 aromatic rings. The predicted octanol–water partition coefficient (Wildman–Crippen LogP) is 5.41. The summed E-state index contributed by atoms with van der Waals surface area (Å²) in [5, 5.41) is 0. The second kappa shape index (κ2) is 6.38. The molecule has 2 aliphatic heterocycles. The van der Waals surface area contributed by atoms with Crippen LogP contribution in [0.1, 0.15) is 46.5 Å². The molecule has 0 bridgehead atoms. The van der Waals surface area contributed by atoms with E-state index in [4.69, 9.17) is 9.47 Å². The lowest BCUT2D eigenvalue weighted by molar-refractivity contribution is 0.0224. The zero-order valence-corrected chi connectivity index (χ0v) is 16.9. The van der Waals surface area contributed by atoms with Gasteiger partial charge in [0, 0.05) is 29.8 Å². The SMILES string of the molecule is CCN(CC)c1cccc2c1C(=O)OC21c2ccccc2Oc2cc(C)ccc21. The average Bonchev–Trinajstić information content (AvgIpc) is 3.03. The number of benzene rings is 3. The van der Waals surface area contributed by atoms with Crippen LogP contribution in [0, 0.1) is 6.92 Å². The largest absolute Gasteiger partial charge is 0.456 e. The van der Waals surface area contributed by atoms with Crippen molar-refractivity contribution in [2.45, 2.75) is 26.4 Å². The van der Waals surface area contributed by atoms with E-state index in [1.807, 2.05) is 67.6 Å². The molecule has 2 heterocycles. The molecule has 2 aliphatic rings. The minimum Gasteiger partial charge on any atom is -0.456 e. The number of rotatable bonds is 3. The van der Waals surface area contributed by atoms with Crippen molar-refractivity contribution >= 4 is 11.7 Å². The molecule has 0 fully saturated rings. The lowest BCUT2D eigenvalue weighted by Gasteiger charge is -2.36. The molecule has 3 aromatic carbocycles. The Hall–Kier alpha value is -3.27. The lowest BCUT2D eigenvalue weighted by Crippen LogP contribution is -2.33. The number of para-hydroxylation sites is 1. The number of anilines is 1. The quantitative estimate of drug-likeness (QED) is 0.565. The van der Waals surface area contributed by atoms with Crippen LogP contribution in [0.5, 0.6) is 11.5 Å². The summed E-state index contributed by atoms with van der Waals surface area (Å²) in [6, 6.07) is 19.9. The molecule has 0 saturated heterocycles.